The van der Waals surface area contributed by atoms with Gasteiger partial charge >= 0.3 is 5.97 Å². The first-order valence-electron chi connectivity index (χ1n) is 14.0. The molecule has 42 heavy (non-hydrogen) atoms. The molecule has 0 atom stereocenters. The molecule has 1 fully saturated rings. The molecule has 2 aliphatic rings. The molecule has 1 saturated heterocycles. The summed E-state index contributed by atoms with van der Waals surface area (Å²) in [5, 5.41) is 4.72. The third-order valence-corrected chi connectivity index (χ3v) is 9.63. The van der Waals surface area contributed by atoms with Crippen molar-refractivity contribution in [2.45, 2.75) is 32.1 Å². The largest absolute Gasteiger partial charge is 1.00 e. The van der Waals surface area contributed by atoms with E-state index in [2.05, 4.69) is 28.4 Å². The van der Waals surface area contributed by atoms with Crippen LogP contribution in [0.3, 0.4) is 0 Å². The first-order valence-corrected chi connectivity index (χ1v) is 15.2. The molecule has 0 unspecified atom stereocenters. The minimum absolute atomic E-state index is 0. The van der Waals surface area contributed by atoms with E-state index in [4.69, 9.17) is 20.7 Å². The van der Waals surface area contributed by atoms with Crippen molar-refractivity contribution in [1.29, 1.82) is 0 Å². The van der Waals surface area contributed by atoms with Gasteiger partial charge in [-0.1, -0.05) is 54.1 Å². The highest BCUT2D eigenvalue weighted by molar-refractivity contribution is 7.13. The number of rotatable bonds is 8. The number of halogens is 2. The van der Waals surface area contributed by atoms with E-state index in [9.17, 15) is 9.59 Å². The maximum absolute atomic E-state index is 13.4. The predicted molar refractivity (Wildman–Crippen MR) is 165 cm³/mol. The van der Waals surface area contributed by atoms with E-state index in [-0.39, 0.29) is 35.9 Å². The number of quaternary nitrogens is 1. The molecule has 1 N–H and O–H groups in total. The summed E-state index contributed by atoms with van der Waals surface area (Å²) < 4.78 is 12.7. The van der Waals surface area contributed by atoms with E-state index in [1.54, 1.807) is 0 Å². The number of nitrogens with one attached hydrogen (secondary N) is 1. The third kappa shape index (κ3) is 6.15. The lowest BCUT2D eigenvalue weighted by Gasteiger charge is -2.44. The number of hydrogen-bond acceptors (Lipinski definition) is 6. The molecule has 0 bridgehead atoms. The van der Waals surface area contributed by atoms with Crippen LogP contribution < -0.4 is 34.2 Å². The maximum Gasteiger partial charge on any atom is 0.320 e. The fourth-order valence-electron chi connectivity index (χ4n) is 5.92. The normalized spacial score (nSPS) is 16.1. The van der Waals surface area contributed by atoms with E-state index in [0.717, 1.165) is 67.3 Å². The number of anilines is 2. The lowest BCUT2D eigenvalue weighted by molar-refractivity contribution is -0.943. The zero-order chi connectivity index (χ0) is 28.6. The van der Waals surface area contributed by atoms with Crippen molar-refractivity contribution in [3.63, 3.8) is 0 Å². The van der Waals surface area contributed by atoms with Gasteiger partial charge in [-0.2, -0.15) is 4.37 Å². The predicted octanol–water partition coefficient (Wildman–Crippen LogP) is 2.81. The van der Waals surface area contributed by atoms with E-state index in [1.807, 2.05) is 62.4 Å². The molecular formula is C32H34ClIN4O3S. The minimum Gasteiger partial charge on any atom is -1.00 e. The molecule has 0 radical (unpaired) electrons. The minimum atomic E-state index is -0.758. The topological polar surface area (TPSA) is 71.5 Å². The molecule has 0 aliphatic carbocycles. The van der Waals surface area contributed by atoms with Gasteiger partial charge in [-0.05, 0) is 66.3 Å². The first kappa shape index (κ1) is 30.7. The average molecular weight is 717 g/mol. The van der Waals surface area contributed by atoms with Gasteiger partial charge in [-0.15, -0.1) is 0 Å². The van der Waals surface area contributed by atoms with Gasteiger partial charge in [0.05, 0.1) is 49.3 Å². The molecule has 7 nitrogen and oxygen atoms in total. The lowest BCUT2D eigenvalue weighted by atomic mass is 9.85. The maximum atomic E-state index is 13.4. The number of nitrogens with zero attached hydrogens (tertiary/aromatic N) is 3. The van der Waals surface area contributed by atoms with E-state index >= 15 is 0 Å². The SMILES string of the molecule is CC(C)(C(=O)OC[N+]1(CCc2cc(Cl)cc3c2CC(=O)N3)CCN(c2nsc3ccccc23)CC1)c1ccccc1.[I-]. The van der Waals surface area contributed by atoms with Crippen LogP contribution in [0.5, 0.6) is 0 Å². The Morgan fingerprint density at radius 3 is 2.57 bits per heavy atom. The zero-order valence-corrected chi connectivity index (χ0v) is 27.5. The second-order valence-corrected chi connectivity index (χ2v) is 12.9. The van der Waals surface area contributed by atoms with Crippen LogP contribution in [0.2, 0.25) is 5.02 Å². The van der Waals surface area contributed by atoms with Crippen molar-refractivity contribution < 1.29 is 42.8 Å². The smallest absolute Gasteiger partial charge is 0.320 e. The Morgan fingerprint density at radius 1 is 1.10 bits per heavy atom. The number of hydrogen-bond donors (Lipinski definition) is 1. The van der Waals surface area contributed by atoms with Gasteiger partial charge in [0.1, 0.15) is 0 Å². The molecule has 1 aromatic heterocycles. The van der Waals surface area contributed by atoms with Crippen molar-refractivity contribution in [3.05, 3.63) is 88.4 Å². The van der Waals surface area contributed by atoms with Gasteiger partial charge in [-0.25, -0.2) is 0 Å². The quantitative estimate of drug-likeness (QED) is 0.173. The summed E-state index contributed by atoms with van der Waals surface area (Å²) in [4.78, 5) is 27.9. The van der Waals surface area contributed by atoms with Crippen molar-refractivity contribution in [2.24, 2.45) is 0 Å². The highest BCUT2D eigenvalue weighted by atomic mass is 127. The summed E-state index contributed by atoms with van der Waals surface area (Å²) in [6.45, 7) is 8.13. The van der Waals surface area contributed by atoms with Gasteiger partial charge in [0, 0.05) is 22.5 Å². The van der Waals surface area contributed by atoms with Gasteiger partial charge in [0.2, 0.25) is 12.6 Å². The molecule has 1 amide bonds. The Labute approximate surface area is 272 Å². The van der Waals surface area contributed by atoms with Crippen LogP contribution in [0.4, 0.5) is 11.5 Å². The van der Waals surface area contributed by atoms with Gasteiger partial charge < -0.3 is 38.9 Å². The number of benzene rings is 3. The van der Waals surface area contributed by atoms with E-state index < -0.39 is 5.41 Å². The number of carbonyl (C=O) groups excluding carboxylic acids is 2. The van der Waals surface area contributed by atoms with Crippen LogP contribution in [0.1, 0.15) is 30.5 Å². The fraction of sp³-hybridized carbons (Fsp3) is 0.344. The highest BCUT2D eigenvalue weighted by Gasteiger charge is 2.38. The molecule has 2 aliphatic heterocycles. The van der Waals surface area contributed by atoms with Crippen LogP contribution in [-0.4, -0.2) is 60.2 Å². The Kier molecular flexibility index (Phi) is 9.13. The van der Waals surface area contributed by atoms with Gasteiger partial charge in [0.25, 0.3) is 0 Å². The lowest BCUT2D eigenvalue weighted by Crippen LogP contribution is -3.00. The number of amides is 1. The van der Waals surface area contributed by atoms with Crippen molar-refractivity contribution in [2.75, 3.05) is 49.7 Å². The van der Waals surface area contributed by atoms with E-state index in [0.29, 0.717) is 22.7 Å². The summed E-state index contributed by atoms with van der Waals surface area (Å²) in [5.41, 5.74) is 3.08. The van der Waals surface area contributed by atoms with Gasteiger partial charge in [-0.3, -0.25) is 14.1 Å². The molecule has 10 heteroatoms. The van der Waals surface area contributed by atoms with Gasteiger partial charge in [0.15, 0.2) is 5.82 Å². The Balaban J connectivity index is 0.00000353. The number of carbonyl (C=O) groups is 2. The van der Waals surface area contributed by atoms with Crippen LogP contribution in [0, 0.1) is 0 Å². The van der Waals surface area contributed by atoms with E-state index in [1.165, 1.54) is 21.6 Å². The second-order valence-electron chi connectivity index (χ2n) is 11.6. The number of piperazine rings is 1. The molecule has 3 aromatic carbocycles. The molecule has 0 spiro atoms. The zero-order valence-electron chi connectivity index (χ0n) is 23.7. The molecule has 3 heterocycles. The van der Waals surface area contributed by atoms with Crippen LogP contribution >= 0.6 is 23.1 Å². The summed E-state index contributed by atoms with van der Waals surface area (Å²) in [6.07, 6.45) is 1.10. The van der Waals surface area contributed by atoms with Crippen LogP contribution in [0.15, 0.2) is 66.7 Å². The average Bonchev–Trinajstić information content (AvgIpc) is 3.58. The Morgan fingerprint density at radius 2 is 1.81 bits per heavy atom. The monoisotopic (exact) mass is 716 g/mol. The second kappa shape index (κ2) is 12.5. The Hall–Kier alpha value is -2.73. The Bertz CT molecular complexity index is 1600. The summed E-state index contributed by atoms with van der Waals surface area (Å²) in [6, 6.07) is 21.9. The number of esters is 1. The highest BCUT2D eigenvalue weighted by Crippen LogP contribution is 2.33. The molecule has 6 rings (SSSR count). The third-order valence-electron chi connectivity index (χ3n) is 8.60. The van der Waals surface area contributed by atoms with Crippen molar-refractivity contribution in [3.8, 4) is 0 Å². The van der Waals surface area contributed by atoms with Crippen molar-refractivity contribution in [1.82, 2.24) is 4.37 Å². The molecule has 4 aromatic rings. The number of aromatic nitrogens is 1. The molecule has 0 saturated carbocycles. The van der Waals surface area contributed by atoms with Crippen LogP contribution in [-0.2, 0) is 32.6 Å². The standard InChI is InChI=1S/C32H33ClN4O3S.HI/c1-32(2,23-8-4-3-5-9-23)31(39)40-21-37(15-12-22-18-24(33)19-27-26(22)20-29(38)34-27)16-13-36(14-17-37)30-25-10-6-7-11-28(25)41-35-30;/h3-11,18-19H,12-17,20-21H2,1-2H3;1H. The summed E-state index contributed by atoms with van der Waals surface area (Å²) in [5.74, 6) is 0.795. The molecule has 220 valence electrons. The first-order chi connectivity index (χ1) is 19.7. The number of fused-ring (bicyclic) bond motifs is 2. The molecular weight excluding hydrogens is 683 g/mol. The van der Waals surface area contributed by atoms with Crippen molar-refractivity contribution >= 4 is 56.6 Å². The summed E-state index contributed by atoms with van der Waals surface area (Å²) >= 11 is 7.96. The summed E-state index contributed by atoms with van der Waals surface area (Å²) in [7, 11) is 0. The fourth-order valence-corrected chi connectivity index (χ4v) is 6.95. The van der Waals surface area contributed by atoms with Crippen LogP contribution in [0.25, 0.3) is 10.1 Å². The number of ether oxygens (including phenoxy) is 1.